The minimum atomic E-state index is 0.0162. The molecule has 0 bridgehead atoms. The molecule has 2 heterocycles. The van der Waals surface area contributed by atoms with Crippen LogP contribution in [0.3, 0.4) is 0 Å². The van der Waals surface area contributed by atoms with Crippen molar-refractivity contribution in [2.75, 3.05) is 26.4 Å². The first kappa shape index (κ1) is 16.0. The van der Waals surface area contributed by atoms with Crippen LogP contribution in [0.25, 0.3) is 11.4 Å². The maximum Gasteiger partial charge on any atom is 0.140 e. The first-order chi connectivity index (χ1) is 11.4. The highest BCUT2D eigenvalue weighted by molar-refractivity contribution is 5.58. The molecule has 1 fully saturated rings. The number of nitrogens with zero attached hydrogens (tertiary/aromatic N) is 2. The number of hydrogen-bond donors (Lipinski definition) is 1. The molecule has 0 radical (unpaired) electrons. The number of aryl methyl sites for hydroxylation is 1. The number of aliphatic hydroxyl groups is 1. The third kappa shape index (κ3) is 4.33. The zero-order valence-electron chi connectivity index (χ0n) is 13.4. The van der Waals surface area contributed by atoms with Crippen molar-refractivity contribution in [1.29, 1.82) is 0 Å². The van der Waals surface area contributed by atoms with Crippen molar-refractivity contribution in [2.24, 2.45) is 5.92 Å². The van der Waals surface area contributed by atoms with E-state index in [1.54, 1.807) is 0 Å². The average Bonchev–Trinajstić information content (AvgIpc) is 3.08. The minimum absolute atomic E-state index is 0.0162. The first-order valence-corrected chi connectivity index (χ1v) is 8.30. The Labute approximate surface area is 136 Å². The van der Waals surface area contributed by atoms with Crippen molar-refractivity contribution in [3.8, 4) is 17.1 Å². The zero-order chi connectivity index (χ0) is 15.9. The van der Waals surface area contributed by atoms with Crippen molar-refractivity contribution in [3.63, 3.8) is 0 Å². The summed E-state index contributed by atoms with van der Waals surface area (Å²) >= 11 is 0. The van der Waals surface area contributed by atoms with Gasteiger partial charge in [-0.1, -0.05) is 12.1 Å². The second-order valence-corrected chi connectivity index (χ2v) is 5.92. The number of aromatic nitrogens is 2. The van der Waals surface area contributed by atoms with Crippen LogP contribution in [0.2, 0.25) is 0 Å². The first-order valence-electron chi connectivity index (χ1n) is 8.30. The smallest absolute Gasteiger partial charge is 0.140 e. The summed E-state index contributed by atoms with van der Waals surface area (Å²) < 4.78 is 13.2. The Morgan fingerprint density at radius 2 is 2.35 bits per heavy atom. The Bertz CT molecular complexity index is 606. The topological polar surface area (TPSA) is 56.5 Å². The van der Waals surface area contributed by atoms with E-state index in [1.165, 1.54) is 12.8 Å². The number of aliphatic hydroxyl groups excluding tert-OH is 1. The molecule has 2 aromatic rings. The second kappa shape index (κ2) is 8.13. The summed E-state index contributed by atoms with van der Waals surface area (Å²) in [6.45, 7) is 3.06. The van der Waals surface area contributed by atoms with Gasteiger partial charge in [-0.05, 0) is 37.3 Å². The molecule has 0 aliphatic carbocycles. The van der Waals surface area contributed by atoms with Crippen LogP contribution in [-0.4, -0.2) is 41.1 Å². The van der Waals surface area contributed by atoms with Gasteiger partial charge in [-0.3, -0.25) is 0 Å². The van der Waals surface area contributed by atoms with Gasteiger partial charge in [0.15, 0.2) is 0 Å². The average molecular weight is 316 g/mol. The summed E-state index contributed by atoms with van der Waals surface area (Å²) in [5.41, 5.74) is 1.03. The molecule has 1 unspecified atom stereocenters. The van der Waals surface area contributed by atoms with Gasteiger partial charge in [0, 0.05) is 37.7 Å². The molecule has 0 saturated carbocycles. The van der Waals surface area contributed by atoms with Crippen molar-refractivity contribution in [1.82, 2.24) is 9.55 Å². The van der Waals surface area contributed by atoms with Crippen LogP contribution in [0.5, 0.6) is 5.75 Å². The van der Waals surface area contributed by atoms with Gasteiger partial charge in [0.1, 0.15) is 18.2 Å². The van der Waals surface area contributed by atoms with Gasteiger partial charge < -0.3 is 19.1 Å². The predicted molar refractivity (Wildman–Crippen MR) is 88.4 cm³/mol. The maximum atomic E-state index is 8.87. The van der Waals surface area contributed by atoms with E-state index >= 15 is 0 Å². The van der Waals surface area contributed by atoms with E-state index in [9.17, 15) is 0 Å². The zero-order valence-corrected chi connectivity index (χ0v) is 13.4. The molecule has 1 aromatic carbocycles. The van der Waals surface area contributed by atoms with E-state index in [4.69, 9.17) is 14.6 Å². The lowest BCUT2D eigenvalue weighted by atomic mass is 9.99. The monoisotopic (exact) mass is 316 g/mol. The van der Waals surface area contributed by atoms with Gasteiger partial charge in [-0.15, -0.1) is 0 Å². The molecule has 1 aromatic heterocycles. The molecule has 1 saturated heterocycles. The second-order valence-electron chi connectivity index (χ2n) is 5.92. The highest BCUT2D eigenvalue weighted by Gasteiger charge is 2.15. The molecule has 1 aliphatic heterocycles. The van der Waals surface area contributed by atoms with Crippen LogP contribution < -0.4 is 4.74 Å². The third-order valence-corrected chi connectivity index (χ3v) is 4.20. The van der Waals surface area contributed by atoms with Crippen molar-refractivity contribution in [3.05, 3.63) is 36.7 Å². The van der Waals surface area contributed by atoms with Crippen LogP contribution in [-0.2, 0) is 11.3 Å². The van der Waals surface area contributed by atoms with Crippen LogP contribution in [0.15, 0.2) is 36.7 Å². The number of ether oxygens (including phenoxy) is 2. The van der Waals surface area contributed by atoms with Crippen LogP contribution in [0, 0.1) is 5.92 Å². The number of imidazole rings is 1. The van der Waals surface area contributed by atoms with Gasteiger partial charge >= 0.3 is 0 Å². The van der Waals surface area contributed by atoms with E-state index in [2.05, 4.69) is 9.55 Å². The third-order valence-electron chi connectivity index (χ3n) is 4.20. The Hall–Kier alpha value is -1.85. The van der Waals surface area contributed by atoms with E-state index < -0.39 is 0 Å². The maximum absolute atomic E-state index is 8.87. The minimum Gasteiger partial charge on any atom is -0.491 e. The summed E-state index contributed by atoms with van der Waals surface area (Å²) in [7, 11) is 0. The summed E-state index contributed by atoms with van der Waals surface area (Å²) in [5.74, 6) is 2.36. The predicted octanol–water partition coefficient (Wildman–Crippen LogP) is 2.74. The Balaban J connectivity index is 1.67. The molecule has 1 aliphatic rings. The van der Waals surface area contributed by atoms with Crippen molar-refractivity contribution < 1.29 is 14.6 Å². The molecule has 1 atom stereocenters. The van der Waals surface area contributed by atoms with Crippen molar-refractivity contribution >= 4 is 0 Å². The molecule has 1 N–H and O–H groups in total. The number of benzene rings is 1. The Kier molecular flexibility index (Phi) is 5.66. The summed E-state index contributed by atoms with van der Waals surface area (Å²) in [5, 5.41) is 8.87. The lowest BCUT2D eigenvalue weighted by Gasteiger charge is -2.22. The van der Waals surface area contributed by atoms with E-state index in [0.29, 0.717) is 12.5 Å². The van der Waals surface area contributed by atoms with E-state index in [1.807, 2.05) is 36.7 Å². The largest absolute Gasteiger partial charge is 0.491 e. The SMILES string of the molecule is OCCOc1cccc(-c2nccn2CCC2CCCOC2)c1. The van der Waals surface area contributed by atoms with Gasteiger partial charge in [-0.25, -0.2) is 4.98 Å². The molecule has 0 amide bonds. The lowest BCUT2D eigenvalue weighted by Crippen LogP contribution is -2.19. The molecule has 0 spiro atoms. The fourth-order valence-electron chi connectivity index (χ4n) is 3.00. The molecule has 124 valence electrons. The molecular formula is C18H24N2O3. The standard InChI is InChI=1S/C18H24N2O3/c21-10-12-23-17-5-1-4-16(13-17)18-19-7-9-20(18)8-6-15-3-2-11-22-14-15/h1,4-5,7,9,13,15,21H,2-3,6,8,10-12,14H2. The lowest BCUT2D eigenvalue weighted by molar-refractivity contribution is 0.0501. The van der Waals surface area contributed by atoms with Gasteiger partial charge in [0.2, 0.25) is 0 Å². The highest BCUT2D eigenvalue weighted by Crippen LogP contribution is 2.24. The normalized spacial score (nSPS) is 18.0. The number of hydrogen-bond acceptors (Lipinski definition) is 4. The van der Waals surface area contributed by atoms with Crippen LogP contribution in [0.1, 0.15) is 19.3 Å². The van der Waals surface area contributed by atoms with E-state index in [0.717, 1.165) is 43.3 Å². The number of rotatable bonds is 7. The molecule has 23 heavy (non-hydrogen) atoms. The van der Waals surface area contributed by atoms with Crippen molar-refractivity contribution in [2.45, 2.75) is 25.8 Å². The molecule has 5 heteroatoms. The van der Waals surface area contributed by atoms with Crippen LogP contribution >= 0.6 is 0 Å². The summed E-state index contributed by atoms with van der Waals surface area (Å²) in [6.07, 6.45) is 7.42. The van der Waals surface area contributed by atoms with Gasteiger partial charge in [0.25, 0.3) is 0 Å². The summed E-state index contributed by atoms with van der Waals surface area (Å²) in [4.78, 5) is 4.50. The van der Waals surface area contributed by atoms with Gasteiger partial charge in [0.05, 0.1) is 6.61 Å². The quantitative estimate of drug-likeness (QED) is 0.853. The fraction of sp³-hybridized carbons (Fsp3) is 0.500. The van der Waals surface area contributed by atoms with Crippen LogP contribution in [0.4, 0.5) is 0 Å². The molecule has 3 rings (SSSR count). The van der Waals surface area contributed by atoms with E-state index in [-0.39, 0.29) is 6.61 Å². The Morgan fingerprint density at radius 3 is 3.17 bits per heavy atom. The Morgan fingerprint density at radius 1 is 1.39 bits per heavy atom. The summed E-state index contributed by atoms with van der Waals surface area (Å²) in [6, 6.07) is 7.86. The molecule has 5 nitrogen and oxygen atoms in total. The van der Waals surface area contributed by atoms with Gasteiger partial charge in [-0.2, -0.15) is 0 Å². The fourth-order valence-corrected chi connectivity index (χ4v) is 3.00. The molecular weight excluding hydrogens is 292 g/mol. The highest BCUT2D eigenvalue weighted by atomic mass is 16.5.